The first-order valence-electron chi connectivity index (χ1n) is 8.89. The van der Waals surface area contributed by atoms with Crippen LogP contribution in [0.2, 0.25) is 0 Å². The fourth-order valence-electron chi connectivity index (χ4n) is 3.77. The van der Waals surface area contributed by atoms with Gasteiger partial charge in [-0.05, 0) is 42.5 Å². The van der Waals surface area contributed by atoms with Gasteiger partial charge in [-0.3, -0.25) is 0 Å². The van der Waals surface area contributed by atoms with Gasteiger partial charge in [0, 0.05) is 23.1 Å². The van der Waals surface area contributed by atoms with E-state index in [0.717, 1.165) is 28.2 Å². The second-order valence-electron chi connectivity index (χ2n) is 6.76. The molecule has 0 saturated heterocycles. The van der Waals surface area contributed by atoms with Crippen molar-refractivity contribution in [1.82, 2.24) is 5.01 Å². The standard InChI is InChI=1S/C22H18N2O3/c25-15-11-9-14(10-12-15)22-24-19(17-6-2-4-8-21(17)27-22)13-18(23-24)16-5-1-3-7-20(16)26/h1-12,19,22,25-26H,13H2/t19-,22+/m1/s1. The van der Waals surface area contributed by atoms with Crippen LogP contribution in [0.25, 0.3) is 0 Å². The zero-order valence-corrected chi connectivity index (χ0v) is 14.5. The molecule has 27 heavy (non-hydrogen) atoms. The van der Waals surface area contributed by atoms with Crippen molar-refractivity contribution in [3.05, 3.63) is 89.5 Å². The topological polar surface area (TPSA) is 65.3 Å². The van der Waals surface area contributed by atoms with Gasteiger partial charge in [0.05, 0.1) is 11.8 Å². The molecule has 0 aliphatic carbocycles. The van der Waals surface area contributed by atoms with E-state index in [-0.39, 0.29) is 17.5 Å². The van der Waals surface area contributed by atoms with Crippen LogP contribution in [0.3, 0.4) is 0 Å². The number of rotatable bonds is 2. The SMILES string of the molecule is Oc1ccc([C@@H]2Oc3ccccc3[C@H]3CC(c4ccccc4O)=NN32)cc1. The predicted octanol–water partition coefficient (Wildman–Crippen LogP) is 4.34. The monoisotopic (exact) mass is 358 g/mol. The highest BCUT2D eigenvalue weighted by Crippen LogP contribution is 2.47. The second kappa shape index (κ2) is 6.06. The van der Waals surface area contributed by atoms with E-state index in [4.69, 9.17) is 9.84 Å². The average molecular weight is 358 g/mol. The summed E-state index contributed by atoms with van der Waals surface area (Å²) in [7, 11) is 0. The number of fused-ring (bicyclic) bond motifs is 3. The summed E-state index contributed by atoms with van der Waals surface area (Å²) in [4.78, 5) is 0. The van der Waals surface area contributed by atoms with E-state index in [0.29, 0.717) is 6.42 Å². The van der Waals surface area contributed by atoms with Crippen molar-refractivity contribution in [3.63, 3.8) is 0 Å². The van der Waals surface area contributed by atoms with Crippen molar-refractivity contribution >= 4 is 5.71 Å². The van der Waals surface area contributed by atoms with Crippen LogP contribution in [-0.4, -0.2) is 20.9 Å². The molecule has 0 unspecified atom stereocenters. The molecule has 0 saturated carbocycles. The first kappa shape index (κ1) is 15.8. The summed E-state index contributed by atoms with van der Waals surface area (Å²) in [6, 6.07) is 22.3. The van der Waals surface area contributed by atoms with Crippen LogP contribution in [-0.2, 0) is 0 Å². The van der Waals surface area contributed by atoms with Crippen molar-refractivity contribution in [2.75, 3.05) is 0 Å². The van der Waals surface area contributed by atoms with Crippen molar-refractivity contribution in [3.8, 4) is 17.2 Å². The quantitative estimate of drug-likeness (QED) is 0.715. The number of nitrogens with zero attached hydrogens (tertiary/aromatic N) is 2. The zero-order valence-electron chi connectivity index (χ0n) is 14.5. The Kier molecular flexibility index (Phi) is 3.53. The van der Waals surface area contributed by atoms with Gasteiger partial charge in [0.2, 0.25) is 6.23 Å². The Labute approximate surface area is 156 Å². The average Bonchev–Trinajstić information content (AvgIpc) is 3.14. The molecule has 0 spiro atoms. The first-order chi connectivity index (χ1) is 13.2. The highest BCUT2D eigenvalue weighted by atomic mass is 16.5. The maximum Gasteiger partial charge on any atom is 0.213 e. The van der Waals surface area contributed by atoms with Gasteiger partial charge in [-0.15, -0.1) is 0 Å². The van der Waals surface area contributed by atoms with Crippen LogP contribution in [0.15, 0.2) is 77.9 Å². The fraction of sp³-hybridized carbons (Fsp3) is 0.136. The van der Waals surface area contributed by atoms with Gasteiger partial charge in [0.25, 0.3) is 0 Å². The molecule has 2 aliphatic rings. The molecular formula is C22H18N2O3. The summed E-state index contributed by atoms with van der Waals surface area (Å²) in [5.41, 5.74) is 3.58. The smallest absolute Gasteiger partial charge is 0.213 e. The summed E-state index contributed by atoms with van der Waals surface area (Å²) in [6.07, 6.45) is 0.292. The summed E-state index contributed by atoms with van der Waals surface area (Å²) in [6.45, 7) is 0. The number of benzene rings is 3. The minimum Gasteiger partial charge on any atom is -0.508 e. The Hall–Kier alpha value is -3.47. The molecule has 2 N–H and O–H groups in total. The summed E-state index contributed by atoms with van der Waals surface area (Å²) < 4.78 is 6.26. The lowest BCUT2D eigenvalue weighted by molar-refractivity contribution is -0.0190. The Balaban J connectivity index is 1.61. The highest BCUT2D eigenvalue weighted by molar-refractivity contribution is 6.04. The number of phenolic OH excluding ortho intramolecular Hbond substituents is 2. The molecule has 3 aromatic rings. The minimum absolute atomic E-state index is 0.0309. The van der Waals surface area contributed by atoms with Gasteiger partial charge in [-0.2, -0.15) is 5.10 Å². The van der Waals surface area contributed by atoms with E-state index in [1.807, 2.05) is 47.5 Å². The Morgan fingerprint density at radius 3 is 2.44 bits per heavy atom. The molecule has 2 heterocycles. The van der Waals surface area contributed by atoms with Crippen molar-refractivity contribution in [1.29, 1.82) is 0 Å². The van der Waals surface area contributed by atoms with Crippen LogP contribution in [0.4, 0.5) is 0 Å². The van der Waals surface area contributed by atoms with Gasteiger partial charge < -0.3 is 14.9 Å². The second-order valence-corrected chi connectivity index (χ2v) is 6.76. The number of hydrogen-bond donors (Lipinski definition) is 2. The number of hydrazone groups is 1. The summed E-state index contributed by atoms with van der Waals surface area (Å²) in [5, 5.41) is 26.6. The van der Waals surface area contributed by atoms with E-state index in [2.05, 4.69) is 6.07 Å². The number of phenols is 2. The van der Waals surface area contributed by atoms with Gasteiger partial charge in [0.15, 0.2) is 0 Å². The Morgan fingerprint density at radius 2 is 1.63 bits per heavy atom. The summed E-state index contributed by atoms with van der Waals surface area (Å²) >= 11 is 0. The third kappa shape index (κ3) is 2.59. The van der Waals surface area contributed by atoms with Crippen molar-refractivity contribution in [2.45, 2.75) is 18.7 Å². The van der Waals surface area contributed by atoms with Gasteiger partial charge in [-0.1, -0.05) is 30.3 Å². The maximum atomic E-state index is 10.3. The normalized spacial score (nSPS) is 20.4. The molecule has 5 nitrogen and oxygen atoms in total. The Bertz CT molecular complexity index is 1030. The van der Waals surface area contributed by atoms with E-state index in [1.54, 1.807) is 24.3 Å². The number of hydrogen-bond acceptors (Lipinski definition) is 5. The third-order valence-corrected chi connectivity index (χ3v) is 5.09. The molecule has 0 bridgehead atoms. The molecule has 134 valence electrons. The van der Waals surface area contributed by atoms with Crippen molar-refractivity contribution < 1.29 is 14.9 Å². The maximum absolute atomic E-state index is 10.3. The number of para-hydroxylation sites is 2. The van der Waals surface area contributed by atoms with E-state index < -0.39 is 6.23 Å². The lowest BCUT2D eigenvalue weighted by Crippen LogP contribution is -2.33. The van der Waals surface area contributed by atoms with Gasteiger partial charge in [-0.25, -0.2) is 5.01 Å². The largest absolute Gasteiger partial charge is 0.508 e. The molecule has 0 radical (unpaired) electrons. The lowest BCUT2D eigenvalue weighted by atomic mass is 9.95. The molecular weight excluding hydrogens is 340 g/mol. The molecule has 0 fully saturated rings. The molecule has 2 aliphatic heterocycles. The Morgan fingerprint density at radius 1 is 0.889 bits per heavy atom. The van der Waals surface area contributed by atoms with E-state index in [1.165, 1.54) is 0 Å². The molecule has 5 heteroatoms. The molecule has 5 rings (SSSR count). The number of ether oxygens (including phenoxy) is 1. The lowest BCUT2D eigenvalue weighted by Gasteiger charge is -2.38. The van der Waals surface area contributed by atoms with E-state index >= 15 is 0 Å². The summed E-state index contributed by atoms with van der Waals surface area (Å²) in [5.74, 6) is 1.28. The van der Waals surface area contributed by atoms with E-state index in [9.17, 15) is 10.2 Å². The highest BCUT2D eigenvalue weighted by Gasteiger charge is 2.41. The van der Waals surface area contributed by atoms with Crippen molar-refractivity contribution in [2.24, 2.45) is 5.10 Å². The fourth-order valence-corrected chi connectivity index (χ4v) is 3.77. The molecule has 2 atom stereocenters. The van der Waals surface area contributed by atoms with Gasteiger partial charge >= 0.3 is 0 Å². The number of aromatic hydroxyl groups is 2. The zero-order chi connectivity index (χ0) is 18.4. The molecule has 0 aromatic heterocycles. The first-order valence-corrected chi connectivity index (χ1v) is 8.89. The van der Waals surface area contributed by atoms with Gasteiger partial charge in [0.1, 0.15) is 17.2 Å². The van der Waals surface area contributed by atoms with Crippen LogP contribution in [0, 0.1) is 0 Å². The third-order valence-electron chi connectivity index (χ3n) is 5.09. The van der Waals surface area contributed by atoms with Crippen LogP contribution in [0.1, 0.15) is 35.4 Å². The van der Waals surface area contributed by atoms with Crippen LogP contribution < -0.4 is 4.74 Å². The molecule has 3 aromatic carbocycles. The predicted molar refractivity (Wildman–Crippen MR) is 102 cm³/mol. The van der Waals surface area contributed by atoms with Crippen LogP contribution in [0.5, 0.6) is 17.2 Å². The minimum atomic E-state index is -0.395. The molecule has 0 amide bonds. The van der Waals surface area contributed by atoms with Crippen LogP contribution >= 0.6 is 0 Å².